The van der Waals surface area contributed by atoms with Crippen LogP contribution in [0.3, 0.4) is 0 Å². The van der Waals surface area contributed by atoms with Gasteiger partial charge in [-0.1, -0.05) is 133 Å². The summed E-state index contributed by atoms with van der Waals surface area (Å²) < 4.78 is 5.00. The highest BCUT2D eigenvalue weighted by molar-refractivity contribution is 7.26. The molecule has 0 amide bonds. The zero-order valence-electron chi connectivity index (χ0n) is 27.6. The average Bonchev–Trinajstić information content (AvgIpc) is 3.75. The molecule has 3 heteroatoms. The lowest BCUT2D eigenvalue weighted by atomic mass is 9.94. The van der Waals surface area contributed by atoms with Gasteiger partial charge in [-0.05, 0) is 75.5 Å². The van der Waals surface area contributed by atoms with Crippen molar-refractivity contribution in [3.63, 3.8) is 0 Å². The van der Waals surface area contributed by atoms with Crippen molar-refractivity contribution < 1.29 is 0 Å². The molecule has 0 atom stereocenters. The standard InChI is InChI=1S/C48H30N2S/c1-2-16-33(17-3-1)49-40-23-10-8-21-38(40)47-41(49)24-13-25-42(47)50(43-26-12-22-37-36-20-9-11-27-45(36)51-48(37)43)44-30-32-15-5-7-19-35(32)46-34-18-6-4-14-31(34)28-29-39(44)46/h1-30H. The van der Waals surface area contributed by atoms with Crippen LogP contribution in [-0.4, -0.2) is 4.57 Å². The second-order valence-corrected chi connectivity index (χ2v) is 14.3. The lowest BCUT2D eigenvalue weighted by Gasteiger charge is -2.29. The first kappa shape index (κ1) is 28.4. The van der Waals surface area contributed by atoms with Gasteiger partial charge in [-0.15, -0.1) is 11.3 Å². The van der Waals surface area contributed by atoms with Crippen LogP contribution < -0.4 is 4.90 Å². The van der Waals surface area contributed by atoms with E-state index in [9.17, 15) is 0 Å². The first-order valence-electron chi connectivity index (χ1n) is 17.4. The summed E-state index contributed by atoms with van der Waals surface area (Å²) in [6.45, 7) is 0. The highest BCUT2D eigenvalue weighted by atomic mass is 32.1. The van der Waals surface area contributed by atoms with Gasteiger partial charge in [0, 0.05) is 37.3 Å². The largest absolute Gasteiger partial charge is 0.309 e. The van der Waals surface area contributed by atoms with Crippen LogP contribution in [-0.2, 0) is 0 Å². The van der Waals surface area contributed by atoms with E-state index < -0.39 is 0 Å². The Morgan fingerprint density at radius 2 is 1.00 bits per heavy atom. The third kappa shape index (κ3) is 4.16. The maximum absolute atomic E-state index is 2.56. The van der Waals surface area contributed by atoms with Crippen molar-refractivity contribution in [2.24, 2.45) is 0 Å². The van der Waals surface area contributed by atoms with E-state index in [-0.39, 0.29) is 0 Å². The number of fused-ring (bicyclic) bond motifs is 11. The molecular weight excluding hydrogens is 637 g/mol. The van der Waals surface area contributed by atoms with Crippen molar-refractivity contribution in [3.8, 4) is 5.69 Å². The van der Waals surface area contributed by atoms with Gasteiger partial charge >= 0.3 is 0 Å². The molecule has 0 saturated carbocycles. The number of rotatable bonds is 4. The number of hydrogen-bond donors (Lipinski definition) is 0. The lowest BCUT2D eigenvalue weighted by molar-refractivity contribution is 1.18. The number of aromatic nitrogens is 1. The highest BCUT2D eigenvalue weighted by Crippen LogP contribution is 2.51. The van der Waals surface area contributed by atoms with Crippen LogP contribution in [0.2, 0.25) is 0 Å². The molecule has 0 bridgehead atoms. The molecule has 2 nitrogen and oxygen atoms in total. The van der Waals surface area contributed by atoms with E-state index in [0.29, 0.717) is 0 Å². The molecule has 0 radical (unpaired) electrons. The molecule has 0 saturated heterocycles. The van der Waals surface area contributed by atoms with E-state index in [1.54, 1.807) is 0 Å². The zero-order valence-corrected chi connectivity index (χ0v) is 28.4. The molecule has 11 aromatic rings. The maximum atomic E-state index is 2.56. The second-order valence-electron chi connectivity index (χ2n) is 13.3. The van der Waals surface area contributed by atoms with E-state index in [1.807, 2.05) is 11.3 Å². The first-order valence-corrected chi connectivity index (χ1v) is 18.3. The number of para-hydroxylation sites is 2. The second kappa shape index (κ2) is 11.0. The van der Waals surface area contributed by atoms with Gasteiger partial charge in [0.2, 0.25) is 0 Å². The molecule has 0 unspecified atom stereocenters. The minimum absolute atomic E-state index is 1.15. The molecule has 2 aromatic heterocycles. The summed E-state index contributed by atoms with van der Waals surface area (Å²) in [5.41, 5.74) is 7.05. The predicted octanol–water partition coefficient (Wildman–Crippen LogP) is 14.1. The van der Waals surface area contributed by atoms with Gasteiger partial charge in [0.1, 0.15) is 0 Å². The fourth-order valence-electron chi connectivity index (χ4n) is 8.38. The van der Waals surface area contributed by atoms with Crippen LogP contribution >= 0.6 is 11.3 Å². The Bertz CT molecular complexity index is 3130. The molecule has 0 aliphatic heterocycles. The summed E-state index contributed by atoms with van der Waals surface area (Å²) in [5, 5.41) is 12.6. The molecular formula is C48H30N2S. The highest BCUT2D eigenvalue weighted by Gasteiger charge is 2.25. The number of benzene rings is 9. The number of anilines is 3. The van der Waals surface area contributed by atoms with Gasteiger partial charge in [-0.3, -0.25) is 0 Å². The third-order valence-corrected chi connectivity index (χ3v) is 11.7. The SMILES string of the molecule is c1ccc(-n2c3ccccc3c3c(N(c4cc5ccccc5c5c4ccc4ccccc45)c4cccc5c4sc4ccccc45)cccc32)cc1. The molecule has 0 N–H and O–H groups in total. The monoisotopic (exact) mass is 666 g/mol. The molecule has 0 spiro atoms. The van der Waals surface area contributed by atoms with E-state index in [0.717, 1.165) is 11.4 Å². The molecule has 0 aliphatic rings. The van der Waals surface area contributed by atoms with Crippen molar-refractivity contribution in [3.05, 3.63) is 182 Å². The van der Waals surface area contributed by atoms with Crippen molar-refractivity contribution in [2.45, 2.75) is 0 Å². The summed E-state index contributed by atoms with van der Waals surface area (Å²) in [4.78, 5) is 2.56. The lowest BCUT2D eigenvalue weighted by Crippen LogP contribution is -2.11. The number of hydrogen-bond acceptors (Lipinski definition) is 2. The summed E-state index contributed by atoms with van der Waals surface area (Å²) in [7, 11) is 0. The van der Waals surface area contributed by atoms with E-state index in [4.69, 9.17) is 0 Å². The van der Waals surface area contributed by atoms with Crippen LogP contribution in [0, 0.1) is 0 Å². The van der Waals surface area contributed by atoms with E-state index in [2.05, 4.69) is 191 Å². The summed E-state index contributed by atoms with van der Waals surface area (Å²) >= 11 is 1.88. The smallest absolute Gasteiger partial charge is 0.0640 e. The van der Waals surface area contributed by atoms with Crippen LogP contribution in [0.25, 0.3) is 80.0 Å². The molecule has 2 heterocycles. The molecule has 51 heavy (non-hydrogen) atoms. The summed E-state index contributed by atoms with van der Waals surface area (Å²) in [5.74, 6) is 0. The van der Waals surface area contributed by atoms with E-state index in [1.165, 1.54) is 85.7 Å². The predicted molar refractivity (Wildman–Crippen MR) is 221 cm³/mol. The molecule has 0 fully saturated rings. The Morgan fingerprint density at radius 1 is 0.373 bits per heavy atom. The Kier molecular flexibility index (Phi) is 6.16. The quantitative estimate of drug-likeness (QED) is 0.170. The van der Waals surface area contributed by atoms with E-state index >= 15 is 0 Å². The molecule has 9 aromatic carbocycles. The maximum Gasteiger partial charge on any atom is 0.0640 e. The fourth-order valence-corrected chi connectivity index (χ4v) is 9.58. The van der Waals surface area contributed by atoms with Crippen LogP contribution in [0.5, 0.6) is 0 Å². The van der Waals surface area contributed by atoms with Crippen molar-refractivity contribution in [1.29, 1.82) is 0 Å². The molecule has 11 rings (SSSR count). The van der Waals surface area contributed by atoms with Crippen molar-refractivity contribution in [1.82, 2.24) is 4.57 Å². The number of nitrogens with zero attached hydrogens (tertiary/aromatic N) is 2. The van der Waals surface area contributed by atoms with Crippen LogP contribution in [0.4, 0.5) is 17.1 Å². The Balaban J connectivity index is 1.34. The topological polar surface area (TPSA) is 8.17 Å². The van der Waals surface area contributed by atoms with Gasteiger partial charge in [-0.25, -0.2) is 0 Å². The van der Waals surface area contributed by atoms with Crippen molar-refractivity contribution in [2.75, 3.05) is 4.90 Å². The summed E-state index contributed by atoms with van der Waals surface area (Å²) in [6.07, 6.45) is 0. The fraction of sp³-hybridized carbons (Fsp3) is 0. The van der Waals surface area contributed by atoms with Gasteiger partial charge in [0.15, 0.2) is 0 Å². The molecule has 0 aliphatic carbocycles. The Morgan fingerprint density at radius 3 is 1.86 bits per heavy atom. The number of thiophene rings is 1. The Labute approximate surface area is 298 Å². The van der Waals surface area contributed by atoms with Gasteiger partial charge in [0.05, 0.1) is 32.8 Å². The first-order chi connectivity index (χ1) is 25.3. The summed E-state index contributed by atoms with van der Waals surface area (Å²) in [6, 6.07) is 66.8. The normalized spacial score (nSPS) is 11.9. The van der Waals surface area contributed by atoms with Gasteiger partial charge in [0.25, 0.3) is 0 Å². The van der Waals surface area contributed by atoms with Crippen LogP contribution in [0.15, 0.2) is 182 Å². The van der Waals surface area contributed by atoms with Crippen molar-refractivity contribution >= 4 is 103 Å². The molecule has 238 valence electrons. The zero-order chi connectivity index (χ0) is 33.5. The Hall–Kier alpha value is -6.42. The third-order valence-electron chi connectivity index (χ3n) is 10.5. The average molecular weight is 667 g/mol. The van der Waals surface area contributed by atoms with Crippen LogP contribution in [0.1, 0.15) is 0 Å². The minimum Gasteiger partial charge on any atom is -0.309 e. The minimum atomic E-state index is 1.15. The van der Waals surface area contributed by atoms with Gasteiger partial charge < -0.3 is 9.47 Å². The van der Waals surface area contributed by atoms with Gasteiger partial charge in [-0.2, -0.15) is 0 Å².